The van der Waals surface area contributed by atoms with Gasteiger partial charge in [-0.3, -0.25) is 0 Å². The van der Waals surface area contributed by atoms with E-state index in [1.807, 2.05) is 0 Å². The predicted molar refractivity (Wildman–Crippen MR) is 172 cm³/mol. The van der Waals surface area contributed by atoms with Crippen LogP contribution >= 0.6 is 17.0 Å². The van der Waals surface area contributed by atoms with E-state index < -0.39 is 27.4 Å². The zero-order chi connectivity index (χ0) is 27.5. The number of aryl methyl sites for hydroxylation is 2. The van der Waals surface area contributed by atoms with Gasteiger partial charge in [0, 0.05) is 0 Å². The molecular weight excluding hydrogens is 611 g/mol. The minimum atomic E-state index is -4.03. The summed E-state index contributed by atoms with van der Waals surface area (Å²) >= 11 is -4.03. The molecule has 198 valence electrons. The topological polar surface area (TPSA) is 0 Å². The van der Waals surface area contributed by atoms with Crippen molar-refractivity contribution in [1.82, 2.24) is 0 Å². The average Bonchev–Trinajstić information content (AvgIpc) is 3.49. The number of hydrogen-bond acceptors (Lipinski definition) is 0. The van der Waals surface area contributed by atoms with Gasteiger partial charge >= 0.3 is 250 Å². The Morgan fingerprint density at radius 2 is 1.51 bits per heavy atom. The predicted octanol–water partition coefficient (Wildman–Crippen LogP) is 7.99. The second kappa shape index (κ2) is 10.3. The third kappa shape index (κ3) is 4.61. The zero-order valence-corrected chi connectivity index (χ0v) is 28.9. The van der Waals surface area contributed by atoms with Crippen LogP contribution in [0.25, 0.3) is 28.3 Å². The second-order valence-electron chi connectivity index (χ2n) is 12.2. The fourth-order valence-corrected chi connectivity index (χ4v) is 23.9. The normalized spacial score (nSPS) is 16.7. The third-order valence-corrected chi connectivity index (χ3v) is 22.9. The standard InChI is InChI=1S/C23H27.C12H9Si.2ClH.Zr/c1-6-9-17-12-13-18-14-19(23(3,4)5)15-21(18)22(17)20-11-8-7-10-16(20)2;1-3-7-11-9(5-1)10-6-2-4-8-12(10)13-11;;;/h7-8,10-15H,6,9H2,1-5H3;1-7H,13H2;2*1H;/q;;;;+2/p-2. The SMILES string of the molecule is CCCc1ccc2c(c1-c1ccccc1C)C=C(C(C)(C)C)[CH]2[Zr]([Cl])([Cl])[c]1cccc2c1[SiH2]c1ccccc1-2. The first-order valence-electron chi connectivity index (χ1n) is 14.1. The van der Waals surface area contributed by atoms with E-state index in [2.05, 4.69) is 120 Å². The Kier molecular flexibility index (Phi) is 7.25. The van der Waals surface area contributed by atoms with Gasteiger partial charge in [0.05, 0.1) is 0 Å². The van der Waals surface area contributed by atoms with Crippen molar-refractivity contribution in [2.45, 2.75) is 51.1 Å². The average molecular weight is 647 g/mol. The van der Waals surface area contributed by atoms with Gasteiger partial charge in [-0.05, 0) is 0 Å². The molecular formula is C35H36Cl2SiZr. The molecule has 0 amide bonds. The Morgan fingerprint density at radius 1 is 0.821 bits per heavy atom. The number of fused-ring (bicyclic) bond motifs is 4. The monoisotopic (exact) mass is 644 g/mol. The van der Waals surface area contributed by atoms with Gasteiger partial charge in [-0.2, -0.15) is 0 Å². The van der Waals surface area contributed by atoms with Crippen molar-refractivity contribution in [3.05, 3.63) is 107 Å². The summed E-state index contributed by atoms with van der Waals surface area (Å²) < 4.78 is 1.39. The summed E-state index contributed by atoms with van der Waals surface area (Å²) in [7, 11) is 15.2. The van der Waals surface area contributed by atoms with Gasteiger partial charge in [0.15, 0.2) is 0 Å². The third-order valence-electron chi connectivity index (χ3n) is 8.66. The van der Waals surface area contributed by atoms with Gasteiger partial charge < -0.3 is 0 Å². The molecule has 4 heteroatoms. The van der Waals surface area contributed by atoms with Crippen LogP contribution in [0.1, 0.15) is 60.0 Å². The maximum absolute atomic E-state index is 7.91. The van der Waals surface area contributed by atoms with Crippen molar-refractivity contribution in [1.29, 1.82) is 0 Å². The Hall–Kier alpha value is -1.70. The van der Waals surface area contributed by atoms with Gasteiger partial charge in [-0.15, -0.1) is 0 Å². The summed E-state index contributed by atoms with van der Waals surface area (Å²) in [6.07, 6.45) is 4.66. The zero-order valence-electron chi connectivity index (χ0n) is 23.5. The number of benzene rings is 4. The van der Waals surface area contributed by atoms with Gasteiger partial charge in [-0.25, -0.2) is 0 Å². The molecule has 0 nitrogen and oxygen atoms in total. The molecule has 1 atom stereocenters. The van der Waals surface area contributed by atoms with Crippen LogP contribution in [-0.4, -0.2) is 9.52 Å². The molecule has 0 aromatic heterocycles. The molecule has 0 fully saturated rings. The summed E-state index contributed by atoms with van der Waals surface area (Å²) in [5.74, 6) is 0. The van der Waals surface area contributed by atoms with E-state index in [0.717, 1.165) is 12.8 Å². The number of rotatable bonds is 5. The molecule has 1 aliphatic carbocycles. The fourth-order valence-electron chi connectivity index (χ4n) is 6.81. The molecule has 0 saturated carbocycles. The first-order chi connectivity index (χ1) is 18.6. The number of allylic oxidation sites excluding steroid dienone is 1. The molecule has 0 saturated heterocycles. The van der Waals surface area contributed by atoms with Gasteiger partial charge in [0.2, 0.25) is 0 Å². The van der Waals surface area contributed by atoms with Gasteiger partial charge in [-0.1, -0.05) is 0 Å². The van der Waals surface area contributed by atoms with Gasteiger partial charge in [0.1, 0.15) is 0 Å². The molecule has 1 aliphatic heterocycles. The van der Waals surface area contributed by atoms with Crippen LogP contribution in [0.2, 0.25) is 0 Å². The molecule has 4 aromatic carbocycles. The van der Waals surface area contributed by atoms with Crippen molar-refractivity contribution in [3.8, 4) is 22.3 Å². The van der Waals surface area contributed by atoms with Gasteiger partial charge in [0.25, 0.3) is 0 Å². The van der Waals surface area contributed by atoms with Crippen molar-refractivity contribution in [2.24, 2.45) is 5.41 Å². The van der Waals surface area contributed by atoms with E-state index in [-0.39, 0.29) is 9.04 Å². The molecule has 0 N–H and O–H groups in total. The summed E-state index contributed by atoms with van der Waals surface area (Å²) in [5.41, 5.74) is 12.3. The molecule has 0 bridgehead atoms. The Morgan fingerprint density at radius 3 is 2.23 bits per heavy atom. The Balaban J connectivity index is 1.58. The van der Waals surface area contributed by atoms with Crippen molar-refractivity contribution in [2.75, 3.05) is 0 Å². The molecule has 0 spiro atoms. The van der Waals surface area contributed by atoms with Crippen molar-refractivity contribution in [3.63, 3.8) is 0 Å². The summed E-state index contributed by atoms with van der Waals surface area (Å²) in [6.45, 7) is 11.5. The van der Waals surface area contributed by atoms with E-state index in [0.29, 0.717) is 0 Å². The maximum atomic E-state index is 7.91. The van der Waals surface area contributed by atoms with Crippen LogP contribution < -0.4 is 13.6 Å². The van der Waals surface area contributed by atoms with E-state index in [9.17, 15) is 0 Å². The van der Waals surface area contributed by atoms with E-state index in [1.165, 1.54) is 63.7 Å². The first kappa shape index (κ1) is 27.5. The summed E-state index contributed by atoms with van der Waals surface area (Å²) in [5, 5.41) is 3.00. The van der Waals surface area contributed by atoms with Crippen LogP contribution in [0.15, 0.2) is 84.4 Å². The van der Waals surface area contributed by atoms with Crippen LogP contribution in [0.4, 0.5) is 0 Å². The van der Waals surface area contributed by atoms with Crippen molar-refractivity contribution < 1.29 is 17.9 Å². The first-order valence-corrected chi connectivity index (χ1v) is 24.5. The minimum absolute atomic E-state index is 0.0398. The summed E-state index contributed by atoms with van der Waals surface area (Å²) in [6, 6.07) is 29.2. The molecule has 6 rings (SSSR count). The molecule has 1 unspecified atom stereocenters. The number of hydrogen-bond donors (Lipinski definition) is 0. The van der Waals surface area contributed by atoms with Crippen LogP contribution in [0, 0.1) is 12.3 Å². The molecule has 2 aliphatic rings. The fraction of sp³-hybridized carbons (Fsp3) is 0.257. The Labute approximate surface area is 247 Å². The van der Waals surface area contributed by atoms with Crippen LogP contribution in [-0.2, 0) is 24.3 Å². The van der Waals surface area contributed by atoms with Crippen LogP contribution in [0.3, 0.4) is 0 Å². The second-order valence-corrected chi connectivity index (χ2v) is 28.1. The Bertz CT molecular complexity index is 1630. The van der Waals surface area contributed by atoms with Crippen molar-refractivity contribution >= 4 is 46.3 Å². The molecule has 1 heterocycles. The van der Waals surface area contributed by atoms with Crippen LogP contribution in [0.5, 0.6) is 0 Å². The molecule has 4 aromatic rings. The molecule has 0 radical (unpaired) electrons. The van der Waals surface area contributed by atoms with E-state index >= 15 is 0 Å². The van der Waals surface area contributed by atoms with E-state index in [1.54, 1.807) is 0 Å². The quantitative estimate of drug-likeness (QED) is 0.170. The molecule has 39 heavy (non-hydrogen) atoms. The summed E-state index contributed by atoms with van der Waals surface area (Å²) in [4.78, 5) is 0. The number of halogens is 2. The van der Waals surface area contributed by atoms with E-state index in [4.69, 9.17) is 17.0 Å².